The van der Waals surface area contributed by atoms with Crippen molar-refractivity contribution in [2.45, 2.75) is 102 Å². The van der Waals surface area contributed by atoms with Gasteiger partial charge < -0.3 is 14.6 Å². The van der Waals surface area contributed by atoms with Gasteiger partial charge in [-0.2, -0.15) is 0 Å². The van der Waals surface area contributed by atoms with Crippen LogP contribution in [0.25, 0.3) is 11.1 Å². The summed E-state index contributed by atoms with van der Waals surface area (Å²) in [4.78, 5) is 0. The average molecular weight is 546 g/mol. The van der Waals surface area contributed by atoms with Gasteiger partial charge in [-0.15, -0.1) is 0 Å². The fourth-order valence-corrected chi connectivity index (χ4v) is 9.58. The van der Waals surface area contributed by atoms with Crippen LogP contribution in [0.4, 0.5) is 11.4 Å². The molecular formula is C37H44BNO2. The molecule has 1 saturated heterocycles. The van der Waals surface area contributed by atoms with Crippen LogP contribution in [0.15, 0.2) is 60.7 Å². The van der Waals surface area contributed by atoms with Gasteiger partial charge in [-0.05, 0) is 135 Å². The van der Waals surface area contributed by atoms with Crippen molar-refractivity contribution >= 4 is 24.0 Å². The summed E-state index contributed by atoms with van der Waals surface area (Å²) in [6.45, 7) is 13.3. The standard InChI is InChI=1S/C37H44BNO2/c1-34(2)30-13-8-7-12-28(30)29-18-32(38-40-35(3,4)36(5,6)41-38)33(19-31(29)34)39-27-11-9-10-26(17-27)37-20-23-14-24(21-37)16-25(15-23)22-37/h7-13,17-19,23-25,39H,14-16,20-22H2,1-6H3. The number of rotatable bonds is 4. The monoisotopic (exact) mass is 545 g/mol. The Morgan fingerprint density at radius 1 is 0.683 bits per heavy atom. The molecule has 1 N–H and O–H groups in total. The van der Waals surface area contributed by atoms with Crippen LogP contribution < -0.4 is 10.8 Å². The molecule has 3 aromatic rings. The van der Waals surface area contributed by atoms with Crippen molar-refractivity contribution in [3.8, 4) is 11.1 Å². The first-order valence-electron chi connectivity index (χ1n) is 16.0. The molecule has 1 heterocycles. The highest BCUT2D eigenvalue weighted by Crippen LogP contribution is 2.61. The van der Waals surface area contributed by atoms with Gasteiger partial charge in [0.1, 0.15) is 0 Å². The second-order valence-corrected chi connectivity index (χ2v) is 15.6. The molecule has 9 rings (SSSR count). The summed E-state index contributed by atoms with van der Waals surface area (Å²) in [7, 11) is -0.435. The maximum atomic E-state index is 6.65. The Balaban J connectivity index is 1.21. The second kappa shape index (κ2) is 8.51. The Hall–Kier alpha value is -2.56. The van der Waals surface area contributed by atoms with Gasteiger partial charge >= 0.3 is 7.12 Å². The smallest absolute Gasteiger partial charge is 0.399 e. The molecule has 0 radical (unpaired) electrons. The summed E-state index contributed by atoms with van der Waals surface area (Å²) in [5.41, 5.74) is 9.75. The van der Waals surface area contributed by atoms with Gasteiger partial charge in [0.25, 0.3) is 0 Å². The summed E-state index contributed by atoms with van der Waals surface area (Å²) >= 11 is 0. The largest absolute Gasteiger partial charge is 0.497 e. The van der Waals surface area contributed by atoms with Gasteiger partial charge in [0.15, 0.2) is 0 Å². The van der Waals surface area contributed by atoms with E-state index in [1.54, 1.807) is 5.56 Å². The molecule has 41 heavy (non-hydrogen) atoms. The van der Waals surface area contributed by atoms with E-state index in [2.05, 4.69) is 108 Å². The number of hydrogen-bond donors (Lipinski definition) is 1. The Kier molecular flexibility index (Phi) is 5.42. The molecule has 5 fully saturated rings. The number of benzene rings is 3. The summed E-state index contributed by atoms with van der Waals surface area (Å²) in [6.07, 6.45) is 8.57. The van der Waals surface area contributed by atoms with Crippen LogP contribution in [0.2, 0.25) is 0 Å². The van der Waals surface area contributed by atoms with E-state index in [1.807, 2.05) is 0 Å². The van der Waals surface area contributed by atoms with Crippen molar-refractivity contribution in [1.29, 1.82) is 0 Å². The molecule has 0 atom stereocenters. The molecule has 5 aliphatic carbocycles. The highest BCUT2D eigenvalue weighted by atomic mass is 16.7. The van der Waals surface area contributed by atoms with Crippen molar-refractivity contribution < 1.29 is 9.31 Å². The molecule has 4 saturated carbocycles. The highest BCUT2D eigenvalue weighted by molar-refractivity contribution is 6.64. The molecule has 1 aliphatic heterocycles. The van der Waals surface area contributed by atoms with Crippen LogP contribution in [0.1, 0.15) is 96.8 Å². The quantitative estimate of drug-likeness (QED) is 0.334. The van der Waals surface area contributed by atoms with Crippen LogP contribution in [-0.2, 0) is 20.1 Å². The summed E-state index contributed by atoms with van der Waals surface area (Å²) in [5, 5.41) is 3.91. The molecule has 6 aliphatic rings. The van der Waals surface area contributed by atoms with Crippen molar-refractivity contribution in [2.24, 2.45) is 17.8 Å². The SMILES string of the molecule is CC1(C)c2ccccc2-c2cc(B3OC(C)(C)C(C)(C)O3)c(Nc3cccc(C45CC6CC(CC(C6)C4)C5)c3)cc21. The molecular weight excluding hydrogens is 501 g/mol. The van der Waals surface area contributed by atoms with E-state index in [0.717, 1.165) is 28.9 Å². The summed E-state index contributed by atoms with van der Waals surface area (Å²) in [5.74, 6) is 2.82. The van der Waals surface area contributed by atoms with Gasteiger partial charge in [0.05, 0.1) is 11.2 Å². The van der Waals surface area contributed by atoms with Gasteiger partial charge in [0.2, 0.25) is 0 Å². The molecule has 0 aromatic heterocycles. The fourth-order valence-electron chi connectivity index (χ4n) is 9.58. The Morgan fingerprint density at radius 2 is 1.32 bits per heavy atom. The Bertz CT molecular complexity index is 1500. The van der Waals surface area contributed by atoms with Crippen LogP contribution in [-0.4, -0.2) is 18.3 Å². The first kappa shape index (κ1) is 26.1. The zero-order valence-corrected chi connectivity index (χ0v) is 25.6. The molecule has 3 aromatic carbocycles. The van der Waals surface area contributed by atoms with E-state index in [0.29, 0.717) is 5.41 Å². The van der Waals surface area contributed by atoms with Crippen molar-refractivity contribution in [3.05, 3.63) is 77.4 Å². The Morgan fingerprint density at radius 3 is 1.98 bits per heavy atom. The lowest BCUT2D eigenvalue weighted by Crippen LogP contribution is -2.48. The number of nitrogens with one attached hydrogen (secondary N) is 1. The van der Waals surface area contributed by atoms with Crippen LogP contribution in [0.3, 0.4) is 0 Å². The zero-order valence-electron chi connectivity index (χ0n) is 25.6. The summed E-state index contributed by atoms with van der Waals surface area (Å²) in [6, 6.07) is 23.0. The van der Waals surface area contributed by atoms with E-state index in [4.69, 9.17) is 9.31 Å². The second-order valence-electron chi connectivity index (χ2n) is 15.6. The summed E-state index contributed by atoms with van der Waals surface area (Å²) < 4.78 is 13.3. The molecule has 0 spiro atoms. The molecule has 0 unspecified atom stereocenters. The minimum absolute atomic E-state index is 0.0716. The lowest BCUT2D eigenvalue weighted by molar-refractivity contribution is -0.00516. The van der Waals surface area contributed by atoms with E-state index in [9.17, 15) is 0 Å². The normalized spacial score (nSPS) is 31.3. The van der Waals surface area contributed by atoms with Gasteiger partial charge in [-0.3, -0.25) is 0 Å². The van der Waals surface area contributed by atoms with E-state index in [1.165, 1.54) is 66.5 Å². The highest BCUT2D eigenvalue weighted by Gasteiger charge is 2.53. The van der Waals surface area contributed by atoms with Gasteiger partial charge in [-0.1, -0.05) is 56.3 Å². The van der Waals surface area contributed by atoms with E-state index >= 15 is 0 Å². The van der Waals surface area contributed by atoms with E-state index < -0.39 is 18.3 Å². The molecule has 4 bridgehead atoms. The van der Waals surface area contributed by atoms with Gasteiger partial charge in [-0.25, -0.2) is 0 Å². The number of hydrogen-bond acceptors (Lipinski definition) is 3. The van der Waals surface area contributed by atoms with E-state index in [-0.39, 0.29) is 5.41 Å². The maximum absolute atomic E-state index is 6.65. The molecule has 0 amide bonds. The minimum Gasteiger partial charge on any atom is -0.399 e. The predicted octanol–water partition coefficient (Wildman–Crippen LogP) is 8.50. The van der Waals surface area contributed by atoms with Crippen molar-refractivity contribution in [3.63, 3.8) is 0 Å². The number of anilines is 2. The van der Waals surface area contributed by atoms with Crippen LogP contribution >= 0.6 is 0 Å². The first-order valence-corrected chi connectivity index (χ1v) is 16.0. The topological polar surface area (TPSA) is 30.5 Å². The average Bonchev–Trinajstić information content (AvgIpc) is 3.27. The van der Waals surface area contributed by atoms with Crippen molar-refractivity contribution in [1.82, 2.24) is 0 Å². The zero-order chi connectivity index (χ0) is 28.4. The minimum atomic E-state index is -0.435. The molecule has 4 heteroatoms. The fraction of sp³-hybridized carbons (Fsp3) is 0.514. The number of fused-ring (bicyclic) bond motifs is 3. The predicted molar refractivity (Wildman–Crippen MR) is 169 cm³/mol. The first-order chi connectivity index (χ1) is 19.4. The van der Waals surface area contributed by atoms with Crippen molar-refractivity contribution in [2.75, 3.05) is 5.32 Å². The molecule has 3 nitrogen and oxygen atoms in total. The van der Waals surface area contributed by atoms with Crippen LogP contribution in [0, 0.1) is 17.8 Å². The lowest BCUT2D eigenvalue weighted by atomic mass is 9.48. The van der Waals surface area contributed by atoms with Gasteiger partial charge in [0, 0.05) is 22.3 Å². The third kappa shape index (κ3) is 3.86. The third-order valence-corrected chi connectivity index (χ3v) is 12.1. The molecule has 212 valence electrons. The lowest BCUT2D eigenvalue weighted by Gasteiger charge is -2.57. The van der Waals surface area contributed by atoms with Crippen LogP contribution in [0.5, 0.6) is 0 Å². The Labute approximate surface area is 246 Å². The third-order valence-electron chi connectivity index (χ3n) is 12.1. The maximum Gasteiger partial charge on any atom is 0.497 e.